The number of hydrogen-bond acceptors (Lipinski definition) is 4. The third kappa shape index (κ3) is 4.79. The van der Waals surface area contributed by atoms with Crippen LogP contribution in [0.2, 0.25) is 0 Å². The van der Waals surface area contributed by atoms with Gasteiger partial charge in [0.2, 0.25) is 0 Å². The summed E-state index contributed by atoms with van der Waals surface area (Å²) in [6, 6.07) is 2.58. The Morgan fingerprint density at radius 1 is 1.35 bits per heavy atom. The Morgan fingerprint density at radius 3 is 2.71 bits per heavy atom. The summed E-state index contributed by atoms with van der Waals surface area (Å²) in [6.45, 7) is 11.4. The van der Waals surface area contributed by atoms with Crippen LogP contribution in [0.1, 0.15) is 30.8 Å². The smallest absolute Gasteiger partial charge is 0.0645 e. The number of aromatic nitrogens is 2. The molecule has 0 spiro atoms. The second kappa shape index (κ2) is 6.67. The van der Waals surface area contributed by atoms with Crippen LogP contribution in [0.15, 0.2) is 6.07 Å². The van der Waals surface area contributed by atoms with Gasteiger partial charge in [0.15, 0.2) is 0 Å². The molecule has 0 aliphatic heterocycles. The predicted octanol–water partition coefficient (Wildman–Crippen LogP) is 1.52. The van der Waals surface area contributed by atoms with Crippen LogP contribution in [-0.4, -0.2) is 41.3 Å². The highest BCUT2D eigenvalue weighted by Crippen LogP contribution is 2.05. The summed E-state index contributed by atoms with van der Waals surface area (Å²) in [5.74, 6) is 0. The van der Waals surface area contributed by atoms with Gasteiger partial charge in [-0.15, -0.1) is 0 Å². The van der Waals surface area contributed by atoms with E-state index in [-0.39, 0.29) is 0 Å². The van der Waals surface area contributed by atoms with Gasteiger partial charge in [-0.3, -0.25) is 0 Å². The van der Waals surface area contributed by atoms with Gasteiger partial charge in [-0.25, -0.2) is 0 Å². The summed E-state index contributed by atoms with van der Waals surface area (Å²) in [4.78, 5) is 2.31. The molecule has 1 rings (SSSR count). The topological polar surface area (TPSA) is 41.0 Å². The third-order valence-electron chi connectivity index (χ3n) is 2.97. The zero-order valence-electron chi connectivity index (χ0n) is 11.6. The van der Waals surface area contributed by atoms with Crippen molar-refractivity contribution in [2.75, 3.05) is 20.1 Å². The van der Waals surface area contributed by atoms with E-state index in [2.05, 4.69) is 47.4 Å². The monoisotopic (exact) mass is 236 g/mol. The molecule has 0 saturated heterocycles. The molecular formula is C13H24N4. The first-order valence-electron chi connectivity index (χ1n) is 6.24. The van der Waals surface area contributed by atoms with Crippen LogP contribution in [0.5, 0.6) is 0 Å². The molecule has 1 unspecified atom stereocenters. The normalized spacial score (nSPS) is 13.1. The Kier molecular flexibility index (Phi) is 5.51. The van der Waals surface area contributed by atoms with E-state index in [0.717, 1.165) is 31.0 Å². The average molecular weight is 236 g/mol. The second-order valence-corrected chi connectivity index (χ2v) is 4.73. The van der Waals surface area contributed by atoms with Crippen molar-refractivity contribution in [3.05, 3.63) is 23.0 Å². The molecule has 1 aromatic heterocycles. The van der Waals surface area contributed by atoms with Gasteiger partial charge in [0, 0.05) is 19.1 Å². The molecule has 4 heteroatoms. The molecule has 1 N–H and O–H groups in total. The van der Waals surface area contributed by atoms with Gasteiger partial charge in [-0.2, -0.15) is 10.2 Å². The largest absolute Gasteiger partial charge is 0.309 e. The number of likely N-dealkylation sites (N-methyl/N-ethyl adjacent to an activating group) is 1. The minimum atomic E-state index is 0.479. The third-order valence-corrected chi connectivity index (χ3v) is 2.97. The van der Waals surface area contributed by atoms with Gasteiger partial charge in [-0.05, 0) is 46.0 Å². The van der Waals surface area contributed by atoms with Crippen LogP contribution in [0.4, 0.5) is 0 Å². The van der Waals surface area contributed by atoms with E-state index in [9.17, 15) is 0 Å². The van der Waals surface area contributed by atoms with Crippen LogP contribution in [0, 0.1) is 13.8 Å². The van der Waals surface area contributed by atoms with Crippen LogP contribution < -0.4 is 5.32 Å². The summed E-state index contributed by atoms with van der Waals surface area (Å²) in [5.41, 5.74) is 3.23. The summed E-state index contributed by atoms with van der Waals surface area (Å²) < 4.78 is 0. The van der Waals surface area contributed by atoms with E-state index in [0.29, 0.717) is 6.04 Å². The molecule has 1 atom stereocenters. The summed E-state index contributed by atoms with van der Waals surface area (Å²) >= 11 is 0. The molecule has 0 aliphatic carbocycles. The molecule has 1 heterocycles. The Labute approximate surface area is 104 Å². The van der Waals surface area contributed by atoms with Gasteiger partial charge in [-0.1, -0.05) is 6.92 Å². The quantitative estimate of drug-likeness (QED) is 0.813. The number of rotatable bonds is 6. The minimum absolute atomic E-state index is 0.479. The fourth-order valence-corrected chi connectivity index (χ4v) is 1.73. The Bertz CT molecular complexity index is 351. The Morgan fingerprint density at radius 2 is 2.06 bits per heavy atom. The second-order valence-electron chi connectivity index (χ2n) is 4.73. The molecule has 0 amide bonds. The van der Waals surface area contributed by atoms with Gasteiger partial charge >= 0.3 is 0 Å². The van der Waals surface area contributed by atoms with Gasteiger partial charge < -0.3 is 10.2 Å². The van der Waals surface area contributed by atoms with Crippen molar-refractivity contribution < 1.29 is 0 Å². The maximum atomic E-state index is 4.13. The lowest BCUT2D eigenvalue weighted by Crippen LogP contribution is -2.37. The highest BCUT2D eigenvalue weighted by molar-refractivity contribution is 5.19. The van der Waals surface area contributed by atoms with Gasteiger partial charge in [0.1, 0.15) is 0 Å². The van der Waals surface area contributed by atoms with Crippen molar-refractivity contribution in [3.8, 4) is 0 Å². The molecule has 0 radical (unpaired) electrons. The first-order chi connectivity index (χ1) is 8.02. The van der Waals surface area contributed by atoms with Crippen molar-refractivity contribution in [2.45, 2.75) is 40.3 Å². The van der Waals surface area contributed by atoms with Crippen molar-refractivity contribution in [1.29, 1.82) is 0 Å². The SMILES string of the molecule is CCN(C)CC(C)NCc1cc(C)nnc1C. The highest BCUT2D eigenvalue weighted by atomic mass is 15.1. The van der Waals surface area contributed by atoms with Crippen LogP contribution in [-0.2, 0) is 6.54 Å². The van der Waals surface area contributed by atoms with Crippen LogP contribution >= 0.6 is 0 Å². The summed E-state index contributed by atoms with van der Waals surface area (Å²) in [7, 11) is 2.14. The van der Waals surface area contributed by atoms with E-state index < -0.39 is 0 Å². The lowest BCUT2D eigenvalue weighted by Gasteiger charge is -2.21. The summed E-state index contributed by atoms with van der Waals surface area (Å²) in [6.07, 6.45) is 0. The lowest BCUT2D eigenvalue weighted by atomic mass is 10.2. The van der Waals surface area contributed by atoms with E-state index in [1.54, 1.807) is 0 Å². The molecule has 17 heavy (non-hydrogen) atoms. The highest BCUT2D eigenvalue weighted by Gasteiger charge is 2.06. The van der Waals surface area contributed by atoms with Crippen molar-refractivity contribution in [3.63, 3.8) is 0 Å². The van der Waals surface area contributed by atoms with E-state index in [1.165, 1.54) is 5.56 Å². The van der Waals surface area contributed by atoms with E-state index in [1.807, 2.05) is 13.8 Å². The van der Waals surface area contributed by atoms with E-state index >= 15 is 0 Å². The maximum absolute atomic E-state index is 4.13. The fourth-order valence-electron chi connectivity index (χ4n) is 1.73. The number of aryl methyl sites for hydroxylation is 2. The number of nitrogens with one attached hydrogen (secondary N) is 1. The first kappa shape index (κ1) is 14.1. The molecule has 0 saturated carbocycles. The first-order valence-corrected chi connectivity index (χ1v) is 6.24. The fraction of sp³-hybridized carbons (Fsp3) is 0.692. The zero-order valence-corrected chi connectivity index (χ0v) is 11.6. The molecule has 0 aliphatic rings. The van der Waals surface area contributed by atoms with E-state index in [4.69, 9.17) is 0 Å². The Hall–Kier alpha value is -1.00. The van der Waals surface area contributed by atoms with Gasteiger partial charge in [0.05, 0.1) is 11.4 Å². The maximum Gasteiger partial charge on any atom is 0.0645 e. The van der Waals surface area contributed by atoms with Crippen molar-refractivity contribution >= 4 is 0 Å². The lowest BCUT2D eigenvalue weighted by molar-refractivity contribution is 0.309. The van der Waals surface area contributed by atoms with Crippen LogP contribution in [0.3, 0.4) is 0 Å². The average Bonchev–Trinajstić information content (AvgIpc) is 2.30. The molecular weight excluding hydrogens is 212 g/mol. The zero-order chi connectivity index (χ0) is 12.8. The summed E-state index contributed by atoms with van der Waals surface area (Å²) in [5, 5.41) is 11.7. The number of nitrogens with zero attached hydrogens (tertiary/aromatic N) is 3. The van der Waals surface area contributed by atoms with Crippen LogP contribution in [0.25, 0.3) is 0 Å². The molecule has 96 valence electrons. The molecule has 0 bridgehead atoms. The predicted molar refractivity (Wildman–Crippen MR) is 71.0 cm³/mol. The molecule has 0 fully saturated rings. The Balaban J connectivity index is 2.47. The number of hydrogen-bond donors (Lipinski definition) is 1. The van der Waals surface area contributed by atoms with Gasteiger partial charge in [0.25, 0.3) is 0 Å². The van der Waals surface area contributed by atoms with Crippen molar-refractivity contribution in [1.82, 2.24) is 20.4 Å². The standard InChI is InChI=1S/C13H24N4/c1-6-17(5)9-11(3)14-8-13-7-10(2)15-16-12(13)4/h7,11,14H,6,8-9H2,1-5H3. The molecule has 0 aromatic carbocycles. The van der Waals surface area contributed by atoms with Crippen molar-refractivity contribution in [2.24, 2.45) is 0 Å². The minimum Gasteiger partial charge on any atom is -0.309 e. The molecule has 4 nitrogen and oxygen atoms in total. The molecule has 1 aromatic rings.